The van der Waals surface area contributed by atoms with Gasteiger partial charge in [0.2, 0.25) is 5.75 Å². The fourth-order valence-corrected chi connectivity index (χ4v) is 13.0. The summed E-state index contributed by atoms with van der Waals surface area (Å²) >= 11 is 3.31. The third kappa shape index (κ3) is 19.4. The van der Waals surface area contributed by atoms with Gasteiger partial charge in [-0.2, -0.15) is 0 Å². The molecule has 0 fully saturated rings. The van der Waals surface area contributed by atoms with E-state index in [4.69, 9.17) is 31.6 Å². The zero-order valence-corrected chi connectivity index (χ0v) is 50.9. The van der Waals surface area contributed by atoms with Gasteiger partial charge in [0, 0.05) is 0 Å². The van der Waals surface area contributed by atoms with E-state index in [1.54, 1.807) is 34.8 Å². The van der Waals surface area contributed by atoms with Crippen LogP contribution in [-0.4, -0.2) is 55.3 Å². The number of ether oxygens (including phenoxy) is 5. The Kier molecular flexibility index (Phi) is 27.2. The SMILES string of the molecule is CCCCCCCCCCOc1cc(C(=O)Oc2ccc(-c3ccc(-c4ccc(-c5ccc(-c6ccc(OCCCC)cc6)s5)c5n[se]nc45)s3)cc2)cc(OCCCCCCCCCC)c1OCCCCCCCCCC. The molecule has 11 heteroatoms. The predicted molar refractivity (Wildman–Crippen MR) is 330 cm³/mol. The Hall–Kier alpha value is -4.93. The van der Waals surface area contributed by atoms with E-state index in [1.165, 1.54) is 131 Å². The maximum atomic E-state index is 14.1. The molecule has 7 rings (SSSR count). The molecule has 4 aromatic carbocycles. The summed E-state index contributed by atoms with van der Waals surface area (Å²) in [7, 11) is 0. The molecule has 3 heterocycles. The van der Waals surface area contributed by atoms with Crippen LogP contribution in [0.5, 0.6) is 28.7 Å². The molecule has 420 valence electrons. The van der Waals surface area contributed by atoms with Gasteiger partial charge in [0.25, 0.3) is 0 Å². The fourth-order valence-electron chi connectivity index (χ4n) is 9.74. The summed E-state index contributed by atoms with van der Waals surface area (Å²) in [6.45, 7) is 11.4. The molecule has 0 bridgehead atoms. The first-order valence-corrected chi connectivity index (χ1v) is 33.2. The Balaban J connectivity index is 1.02. The summed E-state index contributed by atoms with van der Waals surface area (Å²) in [5.41, 5.74) is 6.78. The van der Waals surface area contributed by atoms with Gasteiger partial charge >= 0.3 is 217 Å². The molecule has 0 radical (unpaired) electrons. The van der Waals surface area contributed by atoms with Crippen molar-refractivity contribution >= 4 is 54.6 Å². The van der Waals surface area contributed by atoms with Gasteiger partial charge in [-0.15, -0.1) is 0 Å². The first-order valence-electron chi connectivity index (χ1n) is 30.1. The summed E-state index contributed by atoms with van der Waals surface area (Å²) in [4.78, 5) is 18.8. The number of benzene rings is 4. The van der Waals surface area contributed by atoms with E-state index in [0.717, 1.165) is 101 Å². The van der Waals surface area contributed by atoms with Gasteiger partial charge in [-0.3, -0.25) is 0 Å². The average molecular weight is 1160 g/mol. The van der Waals surface area contributed by atoms with Crippen LogP contribution < -0.4 is 23.7 Å². The minimum Gasteiger partial charge on any atom is -0.490 e. The molecule has 0 aliphatic rings. The van der Waals surface area contributed by atoms with Gasteiger partial charge in [-0.05, 0) is 37.8 Å². The number of thiophene rings is 2. The first kappa shape index (κ1) is 60.7. The van der Waals surface area contributed by atoms with E-state index in [2.05, 4.69) is 88.4 Å². The zero-order chi connectivity index (χ0) is 54.4. The Morgan fingerprint density at radius 3 is 1.21 bits per heavy atom. The number of aromatic nitrogens is 2. The van der Waals surface area contributed by atoms with Crippen LogP contribution in [0, 0.1) is 0 Å². The Labute approximate surface area is 482 Å². The van der Waals surface area contributed by atoms with Crippen LogP contribution in [0.15, 0.2) is 97.1 Å². The molecular weight excluding hydrogens is 1070 g/mol. The summed E-state index contributed by atoms with van der Waals surface area (Å²) in [6, 6.07) is 32.9. The molecule has 8 nitrogen and oxygen atoms in total. The molecule has 0 aliphatic heterocycles. The molecule has 0 N–H and O–H groups in total. The minimum absolute atomic E-state index is 0.195. The third-order valence-electron chi connectivity index (χ3n) is 14.4. The van der Waals surface area contributed by atoms with E-state index in [9.17, 15) is 4.79 Å². The molecule has 0 saturated carbocycles. The standard InChI is InChI=1S/C67H88N2O6S2Se/c1-5-9-13-16-19-22-25-28-46-72-58-49-53(50-59(73-47-29-26-23-20-17-14-10-6-2)66(58)74-48-30-27-24-21-18-15-11-7-3)67(70)75-55-37-33-52(34-38-55)61-42-44-63(77-61)57-40-39-56(64-65(57)69-78-68-64)62-43-41-60(76-62)51-31-35-54(36-32-51)71-45-12-8-4/h31-44,49-50H,5-30,45-48H2,1-4H3. The van der Waals surface area contributed by atoms with Crippen LogP contribution >= 0.6 is 22.7 Å². The van der Waals surface area contributed by atoms with Crippen molar-refractivity contribution in [3.63, 3.8) is 0 Å². The minimum atomic E-state index is -0.460. The molecule has 3 aromatic heterocycles. The van der Waals surface area contributed by atoms with Crippen LogP contribution in [-0.2, 0) is 0 Å². The molecule has 0 spiro atoms. The van der Waals surface area contributed by atoms with Crippen molar-refractivity contribution < 1.29 is 28.5 Å². The van der Waals surface area contributed by atoms with Crippen LogP contribution in [0.4, 0.5) is 0 Å². The van der Waals surface area contributed by atoms with Crippen molar-refractivity contribution in [1.82, 2.24) is 7.96 Å². The summed E-state index contributed by atoms with van der Waals surface area (Å²) in [6.07, 6.45) is 31.3. The largest absolute Gasteiger partial charge is 0.490 e. The van der Waals surface area contributed by atoms with Gasteiger partial charge in [0.15, 0.2) is 11.5 Å². The van der Waals surface area contributed by atoms with Crippen LogP contribution in [0.3, 0.4) is 0 Å². The quantitative estimate of drug-likeness (QED) is 0.0162. The molecule has 78 heavy (non-hydrogen) atoms. The average Bonchev–Trinajstić information content (AvgIpc) is 4.33. The maximum absolute atomic E-state index is 14.1. The second-order valence-electron chi connectivity index (χ2n) is 20.9. The molecular formula is C67H88N2O6S2Se. The van der Waals surface area contributed by atoms with Crippen LogP contribution in [0.1, 0.15) is 205 Å². The van der Waals surface area contributed by atoms with Gasteiger partial charge in [-0.1, -0.05) is 169 Å². The van der Waals surface area contributed by atoms with Crippen LogP contribution in [0.25, 0.3) is 52.8 Å². The second-order valence-corrected chi connectivity index (χ2v) is 24.1. The number of rotatable bonds is 40. The maximum Gasteiger partial charge on any atom is 0.203 e. The molecule has 0 aliphatic carbocycles. The van der Waals surface area contributed by atoms with Gasteiger partial charge in [-0.25, -0.2) is 4.79 Å². The molecule has 0 saturated heterocycles. The monoisotopic (exact) mass is 1160 g/mol. The van der Waals surface area contributed by atoms with Crippen molar-refractivity contribution in [2.45, 2.75) is 195 Å². The van der Waals surface area contributed by atoms with Crippen molar-refractivity contribution in [1.29, 1.82) is 0 Å². The van der Waals surface area contributed by atoms with Gasteiger partial charge < -0.3 is 14.2 Å². The van der Waals surface area contributed by atoms with E-state index in [-0.39, 0.29) is 15.0 Å². The second kappa shape index (κ2) is 34.9. The number of carbonyl (C=O) groups excluding carboxylic acids is 1. The van der Waals surface area contributed by atoms with E-state index >= 15 is 0 Å². The summed E-state index contributed by atoms with van der Waals surface area (Å²) < 4.78 is 41.6. The first-order chi connectivity index (χ1) is 38.5. The fraction of sp³-hybridized carbons (Fsp3) is 0.507. The Morgan fingerprint density at radius 1 is 0.397 bits per heavy atom. The molecule has 0 unspecified atom stereocenters. The molecule has 0 atom stereocenters. The summed E-state index contributed by atoms with van der Waals surface area (Å²) in [5.74, 6) is 2.63. The summed E-state index contributed by atoms with van der Waals surface area (Å²) in [5, 5.41) is 0. The molecule has 7 aromatic rings. The molecule has 0 amide bonds. The number of carbonyl (C=O) groups is 1. The number of hydrogen-bond acceptors (Lipinski definition) is 10. The van der Waals surface area contributed by atoms with Crippen LogP contribution in [0.2, 0.25) is 0 Å². The third-order valence-corrected chi connectivity index (χ3v) is 17.9. The van der Waals surface area contributed by atoms with Gasteiger partial charge in [0.05, 0.1) is 25.4 Å². The number of esters is 1. The van der Waals surface area contributed by atoms with Crippen molar-refractivity contribution in [2.24, 2.45) is 0 Å². The Morgan fingerprint density at radius 2 is 0.769 bits per heavy atom. The van der Waals surface area contributed by atoms with E-state index < -0.39 is 5.97 Å². The van der Waals surface area contributed by atoms with Crippen molar-refractivity contribution in [2.75, 3.05) is 26.4 Å². The van der Waals surface area contributed by atoms with E-state index in [0.29, 0.717) is 48.4 Å². The normalized spacial score (nSPS) is 11.4. The van der Waals surface area contributed by atoms with Crippen molar-refractivity contribution in [3.05, 3.63) is 103 Å². The smallest absolute Gasteiger partial charge is 0.203 e. The Bertz CT molecular complexity index is 2740. The topological polar surface area (TPSA) is 89.0 Å². The van der Waals surface area contributed by atoms with Crippen molar-refractivity contribution in [3.8, 4) is 70.5 Å². The zero-order valence-electron chi connectivity index (χ0n) is 47.5. The number of fused-ring (bicyclic) bond motifs is 1. The van der Waals surface area contributed by atoms with E-state index in [1.807, 2.05) is 24.3 Å². The number of unbranched alkanes of at least 4 members (excludes halogenated alkanes) is 22. The van der Waals surface area contributed by atoms with Gasteiger partial charge in [0.1, 0.15) is 0 Å². The number of hydrogen-bond donors (Lipinski definition) is 0. The predicted octanol–water partition coefficient (Wildman–Crippen LogP) is 20.4. The number of nitrogens with zero attached hydrogens (tertiary/aromatic N) is 2.